The maximum atomic E-state index is 11.5. The Morgan fingerprint density at radius 3 is 2.93 bits per heavy atom. The van der Waals surface area contributed by atoms with E-state index in [1.165, 1.54) is 11.3 Å². The maximum Gasteiger partial charge on any atom is 0.230 e. The van der Waals surface area contributed by atoms with Crippen LogP contribution < -0.4 is 11.1 Å². The smallest absolute Gasteiger partial charge is 0.230 e. The topological polar surface area (TPSA) is 80.9 Å². The molecule has 0 saturated carbocycles. The first kappa shape index (κ1) is 12.1. The van der Waals surface area contributed by atoms with Gasteiger partial charge in [0.25, 0.3) is 0 Å². The molecule has 1 amide bonds. The minimum Gasteiger partial charge on any atom is -0.330 e. The van der Waals surface area contributed by atoms with E-state index in [-0.39, 0.29) is 11.8 Å². The summed E-state index contributed by atoms with van der Waals surface area (Å²) in [6.45, 7) is 4.20. The van der Waals surface area contributed by atoms with Crippen molar-refractivity contribution in [3.63, 3.8) is 0 Å². The van der Waals surface area contributed by atoms with E-state index in [1.807, 2.05) is 0 Å². The third kappa shape index (κ3) is 3.56. The number of hydrogen-bond acceptors (Lipinski definition) is 5. The summed E-state index contributed by atoms with van der Waals surface area (Å²) in [4.78, 5) is 11.5. The average Bonchev–Trinajstić information content (AvgIpc) is 2.65. The van der Waals surface area contributed by atoms with Gasteiger partial charge in [-0.05, 0) is 6.42 Å². The minimum absolute atomic E-state index is 0.100. The van der Waals surface area contributed by atoms with Crippen LogP contribution in [0.15, 0.2) is 0 Å². The number of aryl methyl sites for hydroxylation is 1. The van der Waals surface area contributed by atoms with E-state index in [0.717, 1.165) is 17.8 Å². The molecule has 1 unspecified atom stereocenters. The van der Waals surface area contributed by atoms with E-state index in [2.05, 4.69) is 22.4 Å². The largest absolute Gasteiger partial charge is 0.330 e. The van der Waals surface area contributed by atoms with Crippen molar-refractivity contribution < 1.29 is 4.79 Å². The molecule has 0 aliphatic carbocycles. The van der Waals surface area contributed by atoms with Gasteiger partial charge < -0.3 is 11.1 Å². The second-order valence-electron chi connectivity index (χ2n) is 3.38. The lowest BCUT2D eigenvalue weighted by molar-refractivity contribution is -0.119. The highest BCUT2D eigenvalue weighted by molar-refractivity contribution is 7.15. The number of amides is 1. The van der Waals surface area contributed by atoms with Gasteiger partial charge in [0.1, 0.15) is 5.01 Å². The summed E-state index contributed by atoms with van der Waals surface area (Å²) in [6, 6.07) is 0. The van der Waals surface area contributed by atoms with Crippen LogP contribution in [0, 0.1) is 5.92 Å². The number of nitrogens with one attached hydrogen (secondary N) is 1. The zero-order valence-corrected chi connectivity index (χ0v) is 9.80. The molecule has 0 bridgehead atoms. The van der Waals surface area contributed by atoms with E-state index in [9.17, 15) is 4.79 Å². The van der Waals surface area contributed by atoms with Crippen LogP contribution >= 0.6 is 11.3 Å². The number of rotatable bonds is 5. The standard InChI is InChI=1S/C9H16N4OS/c1-3-4-7-12-13-9(15-7)11-8(14)6(2)5-10/h6H,3-5,10H2,1-2H3,(H,11,13,14). The zero-order valence-electron chi connectivity index (χ0n) is 8.99. The molecule has 0 aliphatic rings. The Labute approximate surface area is 93.1 Å². The Morgan fingerprint density at radius 2 is 2.33 bits per heavy atom. The number of carbonyl (C=O) groups excluding carboxylic acids is 1. The number of nitrogens with two attached hydrogens (primary N) is 1. The van der Waals surface area contributed by atoms with Crippen LogP contribution in [-0.4, -0.2) is 22.6 Å². The molecule has 0 saturated heterocycles. The Balaban J connectivity index is 2.53. The van der Waals surface area contributed by atoms with Crippen molar-refractivity contribution in [2.75, 3.05) is 11.9 Å². The third-order valence-corrected chi connectivity index (χ3v) is 2.86. The van der Waals surface area contributed by atoms with Gasteiger partial charge in [0.2, 0.25) is 11.0 Å². The third-order valence-electron chi connectivity index (χ3n) is 1.96. The molecule has 3 N–H and O–H groups in total. The fourth-order valence-electron chi connectivity index (χ4n) is 0.955. The van der Waals surface area contributed by atoms with Crippen LogP contribution in [0.5, 0.6) is 0 Å². The van der Waals surface area contributed by atoms with Crippen LogP contribution in [0.3, 0.4) is 0 Å². The summed E-state index contributed by atoms with van der Waals surface area (Å²) in [5, 5.41) is 12.1. The fraction of sp³-hybridized carbons (Fsp3) is 0.667. The molecular weight excluding hydrogens is 212 g/mol. The number of hydrogen-bond donors (Lipinski definition) is 2. The van der Waals surface area contributed by atoms with Crippen molar-refractivity contribution in [2.24, 2.45) is 11.7 Å². The van der Waals surface area contributed by atoms with Gasteiger partial charge in [0.05, 0.1) is 0 Å². The van der Waals surface area contributed by atoms with Gasteiger partial charge in [-0.1, -0.05) is 25.2 Å². The van der Waals surface area contributed by atoms with Crippen LogP contribution in [0.1, 0.15) is 25.3 Å². The van der Waals surface area contributed by atoms with Gasteiger partial charge in [-0.15, -0.1) is 10.2 Å². The van der Waals surface area contributed by atoms with Crippen molar-refractivity contribution in [2.45, 2.75) is 26.7 Å². The van der Waals surface area contributed by atoms with Crippen molar-refractivity contribution >= 4 is 22.4 Å². The first-order chi connectivity index (χ1) is 7.17. The van der Waals surface area contributed by atoms with Gasteiger partial charge in [0, 0.05) is 18.9 Å². The summed E-state index contributed by atoms with van der Waals surface area (Å²) in [6.07, 6.45) is 1.93. The SMILES string of the molecule is CCCc1nnc(NC(=O)C(C)CN)s1. The Morgan fingerprint density at radius 1 is 1.60 bits per heavy atom. The van der Waals surface area contributed by atoms with Crippen LogP contribution in [0.2, 0.25) is 0 Å². The second kappa shape index (κ2) is 5.77. The van der Waals surface area contributed by atoms with Crippen molar-refractivity contribution in [1.82, 2.24) is 10.2 Å². The highest BCUT2D eigenvalue weighted by Crippen LogP contribution is 2.16. The first-order valence-corrected chi connectivity index (χ1v) is 5.82. The average molecular weight is 228 g/mol. The minimum atomic E-state index is -0.191. The van der Waals surface area contributed by atoms with Gasteiger partial charge in [-0.25, -0.2) is 0 Å². The fourth-order valence-corrected chi connectivity index (χ4v) is 1.80. The number of nitrogens with zero attached hydrogens (tertiary/aromatic N) is 2. The Bertz CT molecular complexity index is 326. The van der Waals surface area contributed by atoms with Crippen molar-refractivity contribution in [1.29, 1.82) is 0 Å². The van der Waals surface area contributed by atoms with E-state index < -0.39 is 0 Å². The molecule has 0 aromatic carbocycles. The summed E-state index contributed by atoms with van der Waals surface area (Å²) >= 11 is 1.42. The molecule has 1 rings (SSSR count). The molecule has 0 fully saturated rings. The molecule has 15 heavy (non-hydrogen) atoms. The molecule has 5 nitrogen and oxygen atoms in total. The monoisotopic (exact) mass is 228 g/mol. The molecule has 0 aliphatic heterocycles. The number of carbonyl (C=O) groups is 1. The second-order valence-corrected chi connectivity index (χ2v) is 4.44. The number of aromatic nitrogens is 2. The predicted molar refractivity (Wildman–Crippen MR) is 60.8 cm³/mol. The van der Waals surface area contributed by atoms with Crippen molar-refractivity contribution in [3.8, 4) is 0 Å². The van der Waals surface area contributed by atoms with E-state index >= 15 is 0 Å². The van der Waals surface area contributed by atoms with Crippen LogP contribution in [0.4, 0.5) is 5.13 Å². The molecule has 1 aromatic rings. The lowest BCUT2D eigenvalue weighted by Crippen LogP contribution is -2.26. The summed E-state index contributed by atoms with van der Waals surface area (Å²) in [7, 11) is 0. The zero-order chi connectivity index (χ0) is 11.3. The molecule has 1 atom stereocenters. The maximum absolute atomic E-state index is 11.5. The van der Waals surface area contributed by atoms with E-state index in [1.54, 1.807) is 6.92 Å². The Kier molecular flexibility index (Phi) is 4.64. The molecular formula is C9H16N4OS. The van der Waals surface area contributed by atoms with Gasteiger partial charge >= 0.3 is 0 Å². The summed E-state index contributed by atoms with van der Waals surface area (Å²) < 4.78 is 0. The van der Waals surface area contributed by atoms with Crippen molar-refractivity contribution in [3.05, 3.63) is 5.01 Å². The van der Waals surface area contributed by atoms with E-state index in [0.29, 0.717) is 11.7 Å². The Hall–Kier alpha value is -1.01. The summed E-state index contributed by atoms with van der Waals surface area (Å²) in [5.41, 5.74) is 5.39. The highest BCUT2D eigenvalue weighted by Gasteiger charge is 2.13. The predicted octanol–water partition coefficient (Wildman–Crippen LogP) is 1.02. The van der Waals surface area contributed by atoms with Gasteiger partial charge in [-0.3, -0.25) is 4.79 Å². The van der Waals surface area contributed by atoms with Gasteiger partial charge in [0.15, 0.2) is 0 Å². The normalized spacial score (nSPS) is 12.5. The van der Waals surface area contributed by atoms with Crippen LogP contribution in [0.25, 0.3) is 0 Å². The molecule has 84 valence electrons. The molecule has 1 heterocycles. The quantitative estimate of drug-likeness (QED) is 0.788. The van der Waals surface area contributed by atoms with Crippen LogP contribution in [-0.2, 0) is 11.2 Å². The number of anilines is 1. The molecule has 6 heteroatoms. The first-order valence-electron chi connectivity index (χ1n) is 5.00. The van der Waals surface area contributed by atoms with E-state index in [4.69, 9.17) is 5.73 Å². The van der Waals surface area contributed by atoms with Gasteiger partial charge in [-0.2, -0.15) is 0 Å². The lowest BCUT2D eigenvalue weighted by Gasteiger charge is -2.05. The molecule has 1 aromatic heterocycles. The highest BCUT2D eigenvalue weighted by atomic mass is 32.1. The lowest BCUT2D eigenvalue weighted by atomic mass is 10.2. The summed E-state index contributed by atoms with van der Waals surface area (Å²) in [5.74, 6) is -0.291. The molecule has 0 radical (unpaired) electrons. The molecule has 0 spiro atoms.